The van der Waals surface area contributed by atoms with E-state index in [1.54, 1.807) is 17.0 Å². The van der Waals surface area contributed by atoms with Crippen LogP contribution < -0.4 is 10.6 Å². The van der Waals surface area contributed by atoms with Crippen LogP contribution in [0.3, 0.4) is 0 Å². The van der Waals surface area contributed by atoms with E-state index in [4.69, 9.17) is 0 Å². The van der Waals surface area contributed by atoms with Crippen LogP contribution in [0.5, 0.6) is 5.75 Å². The van der Waals surface area contributed by atoms with E-state index in [9.17, 15) is 14.7 Å². The first-order valence-corrected chi connectivity index (χ1v) is 11.7. The van der Waals surface area contributed by atoms with Crippen LogP contribution in [0, 0.1) is 6.92 Å². The lowest BCUT2D eigenvalue weighted by molar-refractivity contribution is -0.119. The second kappa shape index (κ2) is 10.00. The molecule has 0 radical (unpaired) electrons. The van der Waals surface area contributed by atoms with Gasteiger partial charge in [0.15, 0.2) is 0 Å². The average Bonchev–Trinajstić information content (AvgIpc) is 3.31. The van der Waals surface area contributed by atoms with Gasteiger partial charge in [-0.3, -0.25) is 4.79 Å². The van der Waals surface area contributed by atoms with Crippen molar-refractivity contribution in [2.75, 3.05) is 17.2 Å². The van der Waals surface area contributed by atoms with Crippen LogP contribution in [0.2, 0.25) is 0 Å². The molecule has 1 fully saturated rings. The molecule has 1 atom stereocenters. The molecule has 3 amide bonds. The maximum atomic E-state index is 13.0. The minimum Gasteiger partial charge on any atom is -0.508 e. The number of hydrogen-bond acceptors (Lipinski definition) is 3. The average molecular weight is 458 g/mol. The highest BCUT2D eigenvalue weighted by Crippen LogP contribution is 2.28. The molecular formula is C28H31N3O3. The van der Waals surface area contributed by atoms with E-state index < -0.39 is 6.04 Å². The number of aromatic hydroxyl groups is 1. The summed E-state index contributed by atoms with van der Waals surface area (Å²) >= 11 is 0. The summed E-state index contributed by atoms with van der Waals surface area (Å²) < 4.78 is 0. The monoisotopic (exact) mass is 457 g/mol. The van der Waals surface area contributed by atoms with Gasteiger partial charge in [0.2, 0.25) is 5.91 Å². The van der Waals surface area contributed by atoms with Crippen LogP contribution >= 0.6 is 0 Å². The Bertz CT molecular complexity index is 1170. The highest BCUT2D eigenvalue weighted by Gasteiger charge is 2.34. The Morgan fingerprint density at radius 1 is 0.941 bits per heavy atom. The number of phenolic OH excluding ortho intramolecular Hbond substituents is 1. The Morgan fingerprint density at radius 2 is 1.59 bits per heavy atom. The van der Waals surface area contributed by atoms with Crippen molar-refractivity contribution in [1.29, 1.82) is 0 Å². The van der Waals surface area contributed by atoms with Gasteiger partial charge in [-0.25, -0.2) is 4.79 Å². The SMILES string of the molecule is Cc1cc(O)ccc1-c1ccc(NC(=O)[C@H]2CCCN2C(=O)Nc2ccc(C(C)C)cc2)cc1. The summed E-state index contributed by atoms with van der Waals surface area (Å²) in [5.41, 5.74) is 5.62. The van der Waals surface area contributed by atoms with Gasteiger partial charge in [-0.1, -0.05) is 44.2 Å². The molecule has 0 saturated carbocycles. The number of carbonyl (C=O) groups excluding carboxylic acids is 2. The lowest BCUT2D eigenvalue weighted by atomic mass is 10.00. The van der Waals surface area contributed by atoms with Crippen molar-refractivity contribution in [2.24, 2.45) is 0 Å². The lowest BCUT2D eigenvalue weighted by Gasteiger charge is -2.24. The lowest BCUT2D eigenvalue weighted by Crippen LogP contribution is -2.45. The van der Waals surface area contributed by atoms with Gasteiger partial charge in [0.25, 0.3) is 0 Å². The summed E-state index contributed by atoms with van der Waals surface area (Å²) in [7, 11) is 0. The van der Waals surface area contributed by atoms with Gasteiger partial charge in [0.1, 0.15) is 11.8 Å². The number of urea groups is 1. The van der Waals surface area contributed by atoms with E-state index in [1.807, 2.05) is 61.5 Å². The molecule has 4 rings (SSSR count). The summed E-state index contributed by atoms with van der Waals surface area (Å²) in [6.45, 7) is 6.75. The van der Waals surface area contributed by atoms with Crippen LogP contribution in [0.15, 0.2) is 66.7 Å². The minimum atomic E-state index is -0.506. The van der Waals surface area contributed by atoms with Gasteiger partial charge in [-0.2, -0.15) is 0 Å². The maximum Gasteiger partial charge on any atom is 0.322 e. The Labute approximate surface area is 200 Å². The molecule has 1 saturated heterocycles. The topological polar surface area (TPSA) is 81.7 Å². The summed E-state index contributed by atoms with van der Waals surface area (Å²) in [6.07, 6.45) is 1.42. The third kappa shape index (κ3) is 5.22. The third-order valence-corrected chi connectivity index (χ3v) is 6.32. The van der Waals surface area contributed by atoms with E-state index in [0.717, 1.165) is 28.8 Å². The van der Waals surface area contributed by atoms with Gasteiger partial charge in [0.05, 0.1) is 0 Å². The fourth-order valence-corrected chi connectivity index (χ4v) is 4.36. The molecule has 3 aromatic carbocycles. The summed E-state index contributed by atoms with van der Waals surface area (Å²) in [4.78, 5) is 27.5. The number of carbonyl (C=O) groups is 2. The smallest absolute Gasteiger partial charge is 0.322 e. The van der Waals surface area contributed by atoms with E-state index in [1.165, 1.54) is 5.56 Å². The number of hydrogen-bond donors (Lipinski definition) is 3. The van der Waals surface area contributed by atoms with E-state index in [-0.39, 0.29) is 17.7 Å². The molecule has 3 N–H and O–H groups in total. The van der Waals surface area contributed by atoms with Crippen molar-refractivity contribution in [3.63, 3.8) is 0 Å². The first-order chi connectivity index (χ1) is 16.3. The van der Waals surface area contributed by atoms with E-state index in [0.29, 0.717) is 24.6 Å². The van der Waals surface area contributed by atoms with Crippen LogP contribution in [0.25, 0.3) is 11.1 Å². The van der Waals surface area contributed by atoms with Crippen molar-refractivity contribution in [1.82, 2.24) is 4.90 Å². The molecule has 6 nitrogen and oxygen atoms in total. The molecule has 1 heterocycles. The number of likely N-dealkylation sites (tertiary alicyclic amines) is 1. The normalized spacial score (nSPS) is 15.4. The van der Waals surface area contributed by atoms with Crippen molar-refractivity contribution in [2.45, 2.75) is 45.6 Å². The largest absolute Gasteiger partial charge is 0.508 e. The Hall–Kier alpha value is -3.80. The quantitative estimate of drug-likeness (QED) is 0.431. The standard InChI is InChI=1S/C28H31N3O3/c1-18(2)20-6-10-23(11-7-20)30-28(34)31-16-4-5-26(31)27(33)29-22-12-8-21(9-13-22)25-15-14-24(32)17-19(25)3/h6-15,17-18,26,32H,4-5,16H2,1-3H3,(H,29,33)(H,30,34)/t26-/m1/s1. The van der Waals surface area contributed by atoms with Crippen LogP contribution in [-0.2, 0) is 4.79 Å². The van der Waals surface area contributed by atoms with E-state index in [2.05, 4.69) is 24.5 Å². The zero-order chi connectivity index (χ0) is 24.2. The van der Waals surface area contributed by atoms with Gasteiger partial charge in [0, 0.05) is 17.9 Å². The molecule has 34 heavy (non-hydrogen) atoms. The van der Waals surface area contributed by atoms with Crippen molar-refractivity contribution < 1.29 is 14.7 Å². The zero-order valence-corrected chi connectivity index (χ0v) is 19.8. The number of phenols is 1. The van der Waals surface area contributed by atoms with Gasteiger partial charge in [-0.05, 0) is 84.3 Å². The molecular weight excluding hydrogens is 426 g/mol. The van der Waals surface area contributed by atoms with Gasteiger partial charge >= 0.3 is 6.03 Å². The first-order valence-electron chi connectivity index (χ1n) is 11.7. The Balaban J connectivity index is 1.39. The maximum absolute atomic E-state index is 13.0. The molecule has 0 spiro atoms. The first kappa shape index (κ1) is 23.4. The van der Waals surface area contributed by atoms with Gasteiger partial charge < -0.3 is 20.6 Å². The number of anilines is 2. The minimum absolute atomic E-state index is 0.184. The van der Waals surface area contributed by atoms with Crippen molar-refractivity contribution in [3.8, 4) is 16.9 Å². The third-order valence-electron chi connectivity index (χ3n) is 6.32. The molecule has 3 aromatic rings. The predicted molar refractivity (Wildman–Crippen MR) is 136 cm³/mol. The Morgan fingerprint density at radius 3 is 2.24 bits per heavy atom. The molecule has 1 aliphatic rings. The molecule has 0 bridgehead atoms. The number of nitrogens with zero attached hydrogens (tertiary/aromatic N) is 1. The zero-order valence-electron chi connectivity index (χ0n) is 19.8. The van der Waals surface area contributed by atoms with Gasteiger partial charge in [-0.15, -0.1) is 0 Å². The summed E-state index contributed by atoms with van der Waals surface area (Å²) in [5.74, 6) is 0.481. The number of benzene rings is 3. The molecule has 0 aromatic heterocycles. The van der Waals surface area contributed by atoms with Crippen LogP contribution in [0.4, 0.5) is 16.2 Å². The number of rotatable bonds is 5. The van der Waals surface area contributed by atoms with Crippen LogP contribution in [-0.4, -0.2) is 34.5 Å². The van der Waals surface area contributed by atoms with Crippen LogP contribution in [0.1, 0.15) is 43.7 Å². The fraction of sp³-hybridized carbons (Fsp3) is 0.286. The number of nitrogens with one attached hydrogen (secondary N) is 2. The molecule has 6 heteroatoms. The Kier molecular flexibility index (Phi) is 6.87. The highest BCUT2D eigenvalue weighted by molar-refractivity contribution is 5.99. The van der Waals surface area contributed by atoms with Crippen molar-refractivity contribution >= 4 is 23.3 Å². The highest BCUT2D eigenvalue weighted by atomic mass is 16.3. The molecule has 1 aliphatic heterocycles. The molecule has 0 unspecified atom stereocenters. The number of amides is 3. The number of aryl methyl sites for hydroxylation is 1. The second-order valence-corrected chi connectivity index (χ2v) is 9.12. The summed E-state index contributed by atoms with van der Waals surface area (Å²) in [5, 5.41) is 15.5. The van der Waals surface area contributed by atoms with Crippen molar-refractivity contribution in [3.05, 3.63) is 77.9 Å². The summed E-state index contributed by atoms with van der Waals surface area (Å²) in [6, 6.07) is 19.9. The predicted octanol–water partition coefficient (Wildman–Crippen LogP) is 6.13. The molecule has 176 valence electrons. The fourth-order valence-electron chi connectivity index (χ4n) is 4.36. The molecule has 0 aliphatic carbocycles. The second-order valence-electron chi connectivity index (χ2n) is 9.12. The van der Waals surface area contributed by atoms with E-state index >= 15 is 0 Å².